The zero-order valence-corrected chi connectivity index (χ0v) is 17.6. The van der Waals surface area contributed by atoms with E-state index in [0.29, 0.717) is 29.4 Å². The van der Waals surface area contributed by atoms with Crippen molar-refractivity contribution < 1.29 is 13.9 Å². The number of carbonyl (C=O) groups excluding carboxylic acids is 1. The summed E-state index contributed by atoms with van der Waals surface area (Å²) in [5.74, 6) is 2.65. The maximum absolute atomic E-state index is 11.7. The lowest BCUT2D eigenvalue weighted by molar-refractivity contribution is 0.101. The predicted octanol–water partition coefficient (Wildman–Crippen LogP) is 5.38. The van der Waals surface area contributed by atoms with E-state index in [-0.39, 0.29) is 5.78 Å². The van der Waals surface area contributed by atoms with E-state index < -0.39 is 0 Å². The third-order valence-electron chi connectivity index (χ3n) is 4.72. The summed E-state index contributed by atoms with van der Waals surface area (Å²) in [6.45, 7) is 5.96. The number of Topliss-reactive ketones (excluding diaryl/α,β-unsaturated/α-hetero) is 1. The Morgan fingerprint density at radius 1 is 1.23 bits per heavy atom. The minimum absolute atomic E-state index is 0.0194. The second kappa shape index (κ2) is 8.59. The van der Waals surface area contributed by atoms with Crippen LogP contribution >= 0.6 is 11.8 Å². The number of fused-ring (bicyclic) bond motifs is 1. The van der Waals surface area contributed by atoms with Crippen molar-refractivity contribution in [1.82, 2.24) is 14.8 Å². The van der Waals surface area contributed by atoms with Crippen LogP contribution in [0.1, 0.15) is 22.8 Å². The van der Waals surface area contributed by atoms with Gasteiger partial charge >= 0.3 is 0 Å². The molecule has 4 aromatic rings. The molecule has 0 aliphatic heterocycles. The summed E-state index contributed by atoms with van der Waals surface area (Å²) >= 11 is 1.52. The third-order valence-corrected chi connectivity index (χ3v) is 5.73. The molecule has 4 rings (SSSR count). The first kappa shape index (κ1) is 20.0. The average Bonchev–Trinajstić information content (AvgIpc) is 3.36. The topological polar surface area (TPSA) is 70.2 Å². The van der Waals surface area contributed by atoms with Crippen LogP contribution in [0.2, 0.25) is 0 Å². The summed E-state index contributed by atoms with van der Waals surface area (Å²) in [6.07, 6.45) is 1.80. The van der Waals surface area contributed by atoms with Crippen LogP contribution in [0.15, 0.2) is 70.8 Å². The predicted molar refractivity (Wildman–Crippen MR) is 118 cm³/mol. The number of para-hydroxylation sites is 1. The molecule has 0 saturated carbocycles. The molecule has 0 radical (unpaired) electrons. The Hall–Kier alpha value is -3.32. The Morgan fingerprint density at radius 2 is 2.07 bits per heavy atom. The smallest absolute Gasteiger partial charge is 0.200 e. The first-order valence-corrected chi connectivity index (χ1v) is 10.4. The standard InChI is InChI=1S/C23H21N3O3S/c1-4-11-26-22(21-13-17-7-5-6-8-20(17)29-21)24-25-23(26)30-14-18-12-16(15(2)27)9-10-19(18)28-3/h4-10,12-13H,1,11,14H2,2-3H3. The fraction of sp³-hybridized carbons (Fsp3) is 0.174. The van der Waals surface area contributed by atoms with E-state index >= 15 is 0 Å². The quantitative estimate of drug-likeness (QED) is 0.217. The Balaban J connectivity index is 1.65. The van der Waals surface area contributed by atoms with Crippen LogP contribution in [0.25, 0.3) is 22.6 Å². The van der Waals surface area contributed by atoms with Gasteiger partial charge in [0.2, 0.25) is 5.82 Å². The Labute approximate surface area is 178 Å². The van der Waals surface area contributed by atoms with Crippen LogP contribution in [0.5, 0.6) is 5.75 Å². The van der Waals surface area contributed by atoms with Crippen molar-refractivity contribution in [2.24, 2.45) is 0 Å². The van der Waals surface area contributed by atoms with Gasteiger partial charge < -0.3 is 9.15 Å². The first-order valence-electron chi connectivity index (χ1n) is 9.44. The lowest BCUT2D eigenvalue weighted by Crippen LogP contribution is -2.01. The second-order valence-electron chi connectivity index (χ2n) is 6.73. The molecule has 0 amide bonds. The van der Waals surface area contributed by atoms with E-state index in [0.717, 1.165) is 27.4 Å². The Morgan fingerprint density at radius 3 is 2.80 bits per heavy atom. The van der Waals surface area contributed by atoms with Gasteiger partial charge in [0, 0.05) is 28.8 Å². The number of allylic oxidation sites excluding steroid dienone is 1. The van der Waals surface area contributed by atoms with Gasteiger partial charge in [-0.25, -0.2) is 0 Å². The van der Waals surface area contributed by atoms with Gasteiger partial charge in [-0.05, 0) is 37.3 Å². The maximum atomic E-state index is 11.7. The largest absolute Gasteiger partial charge is 0.496 e. The van der Waals surface area contributed by atoms with Gasteiger partial charge in [-0.2, -0.15) is 0 Å². The molecule has 0 atom stereocenters. The van der Waals surface area contributed by atoms with Crippen LogP contribution in [-0.4, -0.2) is 27.7 Å². The van der Waals surface area contributed by atoms with E-state index in [1.807, 2.05) is 47.0 Å². The Bertz CT molecular complexity index is 1190. The number of aromatic nitrogens is 3. The Kier molecular flexibility index (Phi) is 5.72. The molecule has 152 valence electrons. The maximum Gasteiger partial charge on any atom is 0.200 e. The highest BCUT2D eigenvalue weighted by molar-refractivity contribution is 7.98. The number of ketones is 1. The van der Waals surface area contributed by atoms with Crippen molar-refractivity contribution in [2.75, 3.05) is 7.11 Å². The van der Waals surface area contributed by atoms with Crippen LogP contribution in [0, 0.1) is 0 Å². The number of thioether (sulfide) groups is 1. The fourth-order valence-electron chi connectivity index (χ4n) is 3.22. The lowest BCUT2D eigenvalue weighted by atomic mass is 10.1. The SMILES string of the molecule is C=CCn1c(SCc2cc(C(C)=O)ccc2OC)nnc1-c1cc2ccccc2o1. The summed E-state index contributed by atoms with van der Waals surface area (Å²) in [7, 11) is 1.62. The molecule has 7 heteroatoms. The van der Waals surface area contributed by atoms with Gasteiger partial charge in [0.1, 0.15) is 11.3 Å². The van der Waals surface area contributed by atoms with Gasteiger partial charge in [-0.1, -0.05) is 36.0 Å². The number of carbonyl (C=O) groups is 1. The number of rotatable bonds is 8. The number of ether oxygens (including phenoxy) is 1. The van der Waals surface area contributed by atoms with Crippen LogP contribution in [0.3, 0.4) is 0 Å². The van der Waals surface area contributed by atoms with Crippen LogP contribution in [-0.2, 0) is 12.3 Å². The molecule has 6 nitrogen and oxygen atoms in total. The molecule has 2 aromatic heterocycles. The highest BCUT2D eigenvalue weighted by Gasteiger charge is 2.18. The number of nitrogens with zero attached hydrogens (tertiary/aromatic N) is 3. The molecule has 0 aliphatic rings. The van der Waals surface area contributed by atoms with Gasteiger partial charge in [-0.3, -0.25) is 9.36 Å². The van der Waals surface area contributed by atoms with E-state index in [4.69, 9.17) is 9.15 Å². The number of hydrogen-bond donors (Lipinski definition) is 0. The van der Waals surface area contributed by atoms with Crippen molar-refractivity contribution in [3.05, 3.63) is 72.3 Å². The molecule has 0 aliphatic carbocycles. The van der Waals surface area contributed by atoms with Gasteiger partial charge in [0.15, 0.2) is 16.7 Å². The molecular weight excluding hydrogens is 398 g/mol. The molecular formula is C23H21N3O3S. The number of methoxy groups -OCH3 is 1. The summed E-state index contributed by atoms with van der Waals surface area (Å²) in [6, 6.07) is 15.3. The van der Waals surface area contributed by atoms with E-state index in [2.05, 4.69) is 16.8 Å². The zero-order chi connectivity index (χ0) is 21.1. The number of hydrogen-bond acceptors (Lipinski definition) is 6. The molecule has 0 spiro atoms. The average molecular weight is 420 g/mol. The highest BCUT2D eigenvalue weighted by Crippen LogP contribution is 2.32. The highest BCUT2D eigenvalue weighted by atomic mass is 32.2. The van der Waals surface area contributed by atoms with Crippen molar-refractivity contribution in [3.8, 4) is 17.3 Å². The minimum atomic E-state index is 0.0194. The summed E-state index contributed by atoms with van der Waals surface area (Å²) in [5.41, 5.74) is 2.39. The van der Waals surface area contributed by atoms with Crippen molar-refractivity contribution in [2.45, 2.75) is 24.4 Å². The molecule has 0 N–H and O–H groups in total. The van der Waals surface area contributed by atoms with Gasteiger partial charge in [-0.15, -0.1) is 16.8 Å². The molecule has 2 aromatic carbocycles. The van der Waals surface area contributed by atoms with Crippen molar-refractivity contribution >= 4 is 28.5 Å². The first-order chi connectivity index (χ1) is 14.6. The third kappa shape index (κ3) is 3.89. The minimum Gasteiger partial charge on any atom is -0.496 e. The van der Waals surface area contributed by atoms with E-state index in [1.165, 1.54) is 11.8 Å². The molecule has 0 fully saturated rings. The molecule has 0 saturated heterocycles. The summed E-state index contributed by atoms with van der Waals surface area (Å²) in [5, 5.41) is 10.5. The van der Waals surface area contributed by atoms with Gasteiger partial charge in [0.25, 0.3) is 0 Å². The molecule has 0 unspecified atom stereocenters. The van der Waals surface area contributed by atoms with Crippen LogP contribution in [0.4, 0.5) is 0 Å². The number of furan rings is 1. The molecule has 2 heterocycles. The monoisotopic (exact) mass is 419 g/mol. The van der Waals surface area contributed by atoms with Crippen molar-refractivity contribution in [3.63, 3.8) is 0 Å². The zero-order valence-electron chi connectivity index (χ0n) is 16.8. The number of benzene rings is 2. The summed E-state index contributed by atoms with van der Waals surface area (Å²) in [4.78, 5) is 11.7. The van der Waals surface area contributed by atoms with E-state index in [1.54, 1.807) is 26.2 Å². The fourth-order valence-corrected chi connectivity index (χ4v) is 4.14. The molecule has 0 bridgehead atoms. The molecule has 30 heavy (non-hydrogen) atoms. The normalized spacial score (nSPS) is 11.0. The van der Waals surface area contributed by atoms with Crippen molar-refractivity contribution in [1.29, 1.82) is 0 Å². The van der Waals surface area contributed by atoms with Gasteiger partial charge in [0.05, 0.1) is 7.11 Å². The summed E-state index contributed by atoms with van der Waals surface area (Å²) < 4.78 is 13.4. The lowest BCUT2D eigenvalue weighted by Gasteiger charge is -2.10. The second-order valence-corrected chi connectivity index (χ2v) is 7.67. The van der Waals surface area contributed by atoms with Crippen LogP contribution < -0.4 is 4.74 Å². The van der Waals surface area contributed by atoms with E-state index in [9.17, 15) is 4.79 Å².